The molecule has 0 aliphatic carbocycles. The summed E-state index contributed by atoms with van der Waals surface area (Å²) >= 11 is 12.8. The highest BCUT2D eigenvalue weighted by molar-refractivity contribution is 7.21. The lowest BCUT2D eigenvalue weighted by atomic mass is 10.3. The molecule has 2 aromatic rings. The van der Waals surface area contributed by atoms with E-state index in [4.69, 9.17) is 23.2 Å². The first-order valence-electron chi connectivity index (χ1n) is 3.27. The van der Waals surface area contributed by atoms with E-state index < -0.39 is 0 Å². The maximum Gasteiger partial charge on any atom is 0.186 e. The van der Waals surface area contributed by atoms with Gasteiger partial charge < -0.3 is 0 Å². The maximum absolute atomic E-state index is 5.74. The van der Waals surface area contributed by atoms with E-state index in [2.05, 4.69) is 9.97 Å². The van der Waals surface area contributed by atoms with Gasteiger partial charge >= 0.3 is 0 Å². The van der Waals surface area contributed by atoms with Crippen LogP contribution in [0.4, 0.5) is 0 Å². The minimum Gasteiger partial charge on any atom is -0.244 e. The molecule has 0 atom stereocenters. The molecule has 62 valence electrons. The molecule has 0 amide bonds. The minimum atomic E-state index is 0.444. The molecule has 0 aliphatic rings. The molecule has 0 radical (unpaired) electrons. The van der Waals surface area contributed by atoms with Gasteiger partial charge in [0.25, 0.3) is 0 Å². The van der Waals surface area contributed by atoms with E-state index in [9.17, 15) is 0 Å². The van der Waals surface area contributed by atoms with Gasteiger partial charge in [0, 0.05) is 12.1 Å². The van der Waals surface area contributed by atoms with Crippen LogP contribution in [0.15, 0.2) is 12.3 Å². The fourth-order valence-corrected chi connectivity index (χ4v) is 2.17. The van der Waals surface area contributed by atoms with Crippen molar-refractivity contribution in [3.05, 3.63) is 22.3 Å². The smallest absolute Gasteiger partial charge is 0.186 e. The van der Waals surface area contributed by atoms with Crippen molar-refractivity contribution < 1.29 is 0 Å². The van der Waals surface area contributed by atoms with Crippen molar-refractivity contribution in [1.82, 2.24) is 9.97 Å². The first kappa shape index (κ1) is 8.23. The molecule has 0 unspecified atom stereocenters. The summed E-state index contributed by atoms with van der Waals surface area (Å²) in [6, 6.07) is 1.85. The average Bonchev–Trinajstić information content (AvgIpc) is 2.44. The molecule has 0 bridgehead atoms. The standard InChI is InChI=1S/C7H4Cl2N2S/c8-3-4-1-2-10-6-5(4)11-7(9)12-6/h1-2H,3H2. The number of rotatable bonds is 1. The van der Waals surface area contributed by atoms with Crippen LogP contribution in [0.2, 0.25) is 4.47 Å². The normalized spacial score (nSPS) is 10.8. The molecule has 2 nitrogen and oxygen atoms in total. The van der Waals surface area contributed by atoms with E-state index in [-0.39, 0.29) is 0 Å². The van der Waals surface area contributed by atoms with Gasteiger partial charge in [-0.3, -0.25) is 0 Å². The van der Waals surface area contributed by atoms with Gasteiger partial charge in [-0.1, -0.05) is 22.9 Å². The average molecular weight is 219 g/mol. The van der Waals surface area contributed by atoms with Crippen LogP contribution in [0.25, 0.3) is 10.3 Å². The van der Waals surface area contributed by atoms with Gasteiger partial charge in [0.1, 0.15) is 10.3 Å². The molecule has 5 heteroatoms. The Hall–Kier alpha value is -0.380. The Morgan fingerprint density at radius 2 is 2.33 bits per heavy atom. The topological polar surface area (TPSA) is 25.8 Å². The molecule has 0 aliphatic heterocycles. The van der Waals surface area contributed by atoms with Crippen molar-refractivity contribution in [3.8, 4) is 0 Å². The van der Waals surface area contributed by atoms with Crippen LogP contribution in [-0.4, -0.2) is 9.97 Å². The third-order valence-corrected chi connectivity index (χ3v) is 2.85. The molecule has 12 heavy (non-hydrogen) atoms. The van der Waals surface area contributed by atoms with Crippen molar-refractivity contribution in [3.63, 3.8) is 0 Å². The second-order valence-corrected chi connectivity index (χ2v) is 4.05. The number of hydrogen-bond donors (Lipinski definition) is 0. The fourth-order valence-electron chi connectivity index (χ4n) is 0.965. The molecule has 2 aromatic heterocycles. The summed E-state index contributed by atoms with van der Waals surface area (Å²) < 4.78 is 0.509. The number of pyridine rings is 1. The summed E-state index contributed by atoms with van der Waals surface area (Å²) in [6.45, 7) is 0. The largest absolute Gasteiger partial charge is 0.244 e. The first-order chi connectivity index (χ1) is 5.81. The third-order valence-electron chi connectivity index (χ3n) is 1.50. The molecule has 0 fully saturated rings. The molecule has 0 saturated heterocycles. The second kappa shape index (κ2) is 3.17. The lowest BCUT2D eigenvalue weighted by molar-refractivity contribution is 1.32. The summed E-state index contributed by atoms with van der Waals surface area (Å²) in [4.78, 5) is 9.09. The van der Waals surface area contributed by atoms with Crippen LogP contribution in [-0.2, 0) is 5.88 Å². The Kier molecular flexibility index (Phi) is 2.17. The fraction of sp³-hybridized carbons (Fsp3) is 0.143. The number of aromatic nitrogens is 2. The highest BCUT2D eigenvalue weighted by Gasteiger charge is 2.06. The van der Waals surface area contributed by atoms with Crippen molar-refractivity contribution >= 4 is 44.9 Å². The summed E-state index contributed by atoms with van der Waals surface area (Å²) in [5.41, 5.74) is 1.80. The van der Waals surface area contributed by atoms with E-state index in [0.717, 1.165) is 15.9 Å². The minimum absolute atomic E-state index is 0.444. The van der Waals surface area contributed by atoms with Crippen LogP contribution in [0, 0.1) is 0 Å². The molecule has 2 rings (SSSR count). The summed E-state index contributed by atoms with van der Waals surface area (Å²) in [5.74, 6) is 0.444. The highest BCUT2D eigenvalue weighted by atomic mass is 35.5. The predicted octanol–water partition coefficient (Wildman–Crippen LogP) is 3.08. The van der Waals surface area contributed by atoms with Crippen molar-refractivity contribution in [1.29, 1.82) is 0 Å². The molecule has 0 N–H and O–H groups in total. The zero-order valence-corrected chi connectivity index (χ0v) is 8.25. The van der Waals surface area contributed by atoms with Crippen LogP contribution < -0.4 is 0 Å². The lowest BCUT2D eigenvalue weighted by Gasteiger charge is -1.93. The van der Waals surface area contributed by atoms with E-state index in [1.807, 2.05) is 6.07 Å². The van der Waals surface area contributed by atoms with E-state index in [1.165, 1.54) is 11.3 Å². The number of alkyl halides is 1. The zero-order chi connectivity index (χ0) is 8.55. The van der Waals surface area contributed by atoms with Gasteiger partial charge in [-0.05, 0) is 11.6 Å². The number of nitrogens with zero attached hydrogens (tertiary/aromatic N) is 2. The Morgan fingerprint density at radius 1 is 1.50 bits per heavy atom. The van der Waals surface area contributed by atoms with Gasteiger partial charge in [-0.25, -0.2) is 9.97 Å². The van der Waals surface area contributed by atoms with E-state index in [1.54, 1.807) is 6.20 Å². The van der Waals surface area contributed by atoms with Crippen molar-refractivity contribution in [2.45, 2.75) is 5.88 Å². The Morgan fingerprint density at radius 3 is 3.08 bits per heavy atom. The van der Waals surface area contributed by atoms with Crippen molar-refractivity contribution in [2.24, 2.45) is 0 Å². The number of hydrogen-bond acceptors (Lipinski definition) is 3. The number of halogens is 2. The van der Waals surface area contributed by atoms with E-state index >= 15 is 0 Å². The Labute approximate surface area is 83.2 Å². The molecular weight excluding hydrogens is 215 g/mol. The Bertz CT molecular complexity index is 413. The lowest BCUT2D eigenvalue weighted by Crippen LogP contribution is -1.81. The molecular formula is C7H4Cl2N2S. The quantitative estimate of drug-likeness (QED) is 0.688. The first-order valence-corrected chi connectivity index (χ1v) is 5.00. The van der Waals surface area contributed by atoms with Crippen molar-refractivity contribution in [2.75, 3.05) is 0 Å². The molecule has 0 spiro atoms. The monoisotopic (exact) mass is 218 g/mol. The van der Waals surface area contributed by atoms with Gasteiger partial charge in [0.05, 0.1) is 0 Å². The second-order valence-electron chi connectivity index (χ2n) is 2.22. The van der Waals surface area contributed by atoms with Crippen LogP contribution in [0.1, 0.15) is 5.56 Å². The summed E-state index contributed by atoms with van der Waals surface area (Å²) in [7, 11) is 0. The summed E-state index contributed by atoms with van der Waals surface area (Å²) in [6.07, 6.45) is 1.72. The van der Waals surface area contributed by atoms with Crippen LogP contribution in [0.3, 0.4) is 0 Å². The molecule has 2 heterocycles. The van der Waals surface area contributed by atoms with Gasteiger partial charge in [-0.15, -0.1) is 11.6 Å². The van der Waals surface area contributed by atoms with Crippen LogP contribution in [0.5, 0.6) is 0 Å². The molecule has 0 aromatic carbocycles. The van der Waals surface area contributed by atoms with Gasteiger partial charge in [-0.2, -0.15) is 0 Å². The highest BCUT2D eigenvalue weighted by Crippen LogP contribution is 2.26. The maximum atomic E-state index is 5.74. The third kappa shape index (κ3) is 1.28. The van der Waals surface area contributed by atoms with Gasteiger partial charge in [0.15, 0.2) is 4.47 Å². The van der Waals surface area contributed by atoms with Gasteiger partial charge in [0.2, 0.25) is 0 Å². The van der Waals surface area contributed by atoms with Crippen LogP contribution >= 0.6 is 34.5 Å². The Balaban J connectivity index is 2.78. The number of fused-ring (bicyclic) bond motifs is 1. The summed E-state index contributed by atoms with van der Waals surface area (Å²) in [5, 5.41) is 0. The predicted molar refractivity (Wildman–Crippen MR) is 52.0 cm³/mol. The van der Waals surface area contributed by atoms with E-state index in [0.29, 0.717) is 10.3 Å². The zero-order valence-electron chi connectivity index (χ0n) is 5.92. The molecule has 0 saturated carbocycles. The SMILES string of the molecule is ClCc1ccnc2sc(Cl)nc12. The number of thiazole rings is 1.